The van der Waals surface area contributed by atoms with E-state index in [4.69, 9.17) is 5.73 Å². The Labute approximate surface area is 120 Å². The van der Waals surface area contributed by atoms with Crippen molar-refractivity contribution in [2.75, 3.05) is 18.0 Å². The molecule has 2 rings (SSSR count). The van der Waals surface area contributed by atoms with Gasteiger partial charge >= 0.3 is 0 Å². The molecule has 20 heavy (non-hydrogen) atoms. The van der Waals surface area contributed by atoms with E-state index in [1.54, 1.807) is 0 Å². The average molecular weight is 270 g/mol. The predicted molar refractivity (Wildman–Crippen MR) is 83.4 cm³/mol. The van der Waals surface area contributed by atoms with Gasteiger partial charge in [-0.3, -0.25) is 0 Å². The Bertz CT molecular complexity index is 560. The van der Waals surface area contributed by atoms with Crippen LogP contribution in [0.15, 0.2) is 30.3 Å². The van der Waals surface area contributed by atoms with Crippen LogP contribution in [0, 0.1) is 20.8 Å². The minimum atomic E-state index is 0.660. The number of nitrogens with two attached hydrogens (primary N) is 1. The summed E-state index contributed by atoms with van der Waals surface area (Å²) >= 11 is 0. The fraction of sp³-hybridized carbons (Fsp3) is 0.375. The predicted octanol–water partition coefficient (Wildman–Crippen LogP) is 2.89. The van der Waals surface area contributed by atoms with E-state index < -0.39 is 0 Å². The molecule has 0 atom stereocenters. The maximum atomic E-state index is 5.66. The van der Waals surface area contributed by atoms with Crippen molar-refractivity contribution >= 4 is 11.6 Å². The fourth-order valence-electron chi connectivity index (χ4n) is 2.27. The van der Waals surface area contributed by atoms with Gasteiger partial charge in [0.1, 0.15) is 0 Å². The molecular formula is C16H22N4. The standard InChI is InChI=1S/C16H22N4/c1-12-7-4-5-8-15(12)20(10-6-9-17)16-18-13(2)11-14(3)19-16/h4-5,7-8,11H,6,9-10,17H2,1-3H3. The second-order valence-electron chi connectivity index (χ2n) is 5.03. The Morgan fingerprint density at radius 3 is 2.30 bits per heavy atom. The van der Waals surface area contributed by atoms with E-state index in [9.17, 15) is 0 Å². The minimum absolute atomic E-state index is 0.660. The SMILES string of the molecule is Cc1cc(C)nc(N(CCCN)c2ccccc2C)n1. The van der Waals surface area contributed by atoms with Crippen molar-refractivity contribution in [3.63, 3.8) is 0 Å². The molecule has 2 N–H and O–H groups in total. The van der Waals surface area contributed by atoms with Crippen LogP contribution in [0.5, 0.6) is 0 Å². The van der Waals surface area contributed by atoms with E-state index in [1.165, 1.54) is 5.56 Å². The summed E-state index contributed by atoms with van der Waals surface area (Å²) in [6, 6.07) is 10.3. The molecule has 1 heterocycles. The van der Waals surface area contributed by atoms with Gasteiger partial charge in [0, 0.05) is 23.6 Å². The van der Waals surface area contributed by atoms with Gasteiger partial charge in [-0.25, -0.2) is 9.97 Å². The molecule has 0 radical (unpaired) electrons. The van der Waals surface area contributed by atoms with Crippen molar-refractivity contribution in [1.29, 1.82) is 0 Å². The Morgan fingerprint density at radius 1 is 1.05 bits per heavy atom. The lowest BCUT2D eigenvalue weighted by Crippen LogP contribution is -2.24. The Kier molecular flexibility index (Phi) is 4.69. The highest BCUT2D eigenvalue weighted by atomic mass is 15.3. The van der Waals surface area contributed by atoms with Crippen LogP contribution in [0.3, 0.4) is 0 Å². The van der Waals surface area contributed by atoms with E-state index in [1.807, 2.05) is 32.0 Å². The molecule has 0 aliphatic carbocycles. The smallest absolute Gasteiger partial charge is 0.230 e. The lowest BCUT2D eigenvalue weighted by molar-refractivity contribution is 0.793. The number of nitrogens with zero attached hydrogens (tertiary/aromatic N) is 3. The topological polar surface area (TPSA) is 55.0 Å². The molecule has 0 saturated heterocycles. The molecule has 4 nitrogen and oxygen atoms in total. The monoisotopic (exact) mass is 270 g/mol. The third-order valence-electron chi connectivity index (χ3n) is 3.20. The summed E-state index contributed by atoms with van der Waals surface area (Å²) in [5.41, 5.74) is 9.99. The first-order valence-electron chi connectivity index (χ1n) is 6.97. The third-order valence-corrected chi connectivity index (χ3v) is 3.20. The molecule has 0 fully saturated rings. The van der Waals surface area contributed by atoms with E-state index in [0.29, 0.717) is 6.54 Å². The Balaban J connectivity index is 2.44. The quantitative estimate of drug-likeness (QED) is 0.907. The van der Waals surface area contributed by atoms with Crippen LogP contribution in [0.2, 0.25) is 0 Å². The van der Waals surface area contributed by atoms with Crippen LogP contribution >= 0.6 is 0 Å². The first-order valence-corrected chi connectivity index (χ1v) is 6.97. The maximum Gasteiger partial charge on any atom is 0.230 e. The number of para-hydroxylation sites is 1. The van der Waals surface area contributed by atoms with Gasteiger partial charge in [0.2, 0.25) is 5.95 Å². The highest BCUT2D eigenvalue weighted by molar-refractivity contribution is 5.61. The van der Waals surface area contributed by atoms with E-state index in [-0.39, 0.29) is 0 Å². The van der Waals surface area contributed by atoms with Crippen molar-refractivity contribution < 1.29 is 0 Å². The molecular weight excluding hydrogens is 248 g/mol. The van der Waals surface area contributed by atoms with E-state index in [0.717, 1.165) is 36.0 Å². The van der Waals surface area contributed by atoms with Gasteiger partial charge in [-0.15, -0.1) is 0 Å². The molecule has 0 spiro atoms. The van der Waals surface area contributed by atoms with Crippen LogP contribution in [0.25, 0.3) is 0 Å². The van der Waals surface area contributed by atoms with E-state index >= 15 is 0 Å². The zero-order valence-electron chi connectivity index (χ0n) is 12.4. The Hall–Kier alpha value is -1.94. The van der Waals surface area contributed by atoms with Crippen molar-refractivity contribution in [3.05, 3.63) is 47.3 Å². The number of benzene rings is 1. The molecule has 0 bridgehead atoms. The first kappa shape index (κ1) is 14.5. The molecule has 0 saturated carbocycles. The summed E-state index contributed by atoms with van der Waals surface area (Å²) in [5, 5.41) is 0. The molecule has 1 aromatic heterocycles. The van der Waals surface area contributed by atoms with Gasteiger partial charge in [-0.1, -0.05) is 18.2 Å². The van der Waals surface area contributed by atoms with Crippen LogP contribution in [0.4, 0.5) is 11.6 Å². The van der Waals surface area contributed by atoms with Gasteiger partial charge in [-0.2, -0.15) is 0 Å². The number of hydrogen-bond donors (Lipinski definition) is 1. The number of aromatic nitrogens is 2. The van der Waals surface area contributed by atoms with Crippen molar-refractivity contribution in [2.24, 2.45) is 5.73 Å². The summed E-state index contributed by atoms with van der Waals surface area (Å²) in [7, 11) is 0. The van der Waals surface area contributed by atoms with Crippen molar-refractivity contribution in [1.82, 2.24) is 9.97 Å². The number of hydrogen-bond acceptors (Lipinski definition) is 4. The van der Waals surface area contributed by atoms with Gasteiger partial charge in [0.15, 0.2) is 0 Å². The van der Waals surface area contributed by atoms with Crippen LogP contribution in [-0.4, -0.2) is 23.1 Å². The maximum absolute atomic E-state index is 5.66. The molecule has 0 aliphatic heterocycles. The van der Waals surface area contributed by atoms with Gasteiger partial charge < -0.3 is 10.6 Å². The second kappa shape index (κ2) is 6.48. The number of rotatable bonds is 5. The lowest BCUT2D eigenvalue weighted by Gasteiger charge is -2.24. The summed E-state index contributed by atoms with van der Waals surface area (Å²) in [6.45, 7) is 7.58. The third kappa shape index (κ3) is 3.33. The van der Waals surface area contributed by atoms with E-state index in [2.05, 4.69) is 33.9 Å². The summed E-state index contributed by atoms with van der Waals surface area (Å²) in [4.78, 5) is 11.3. The molecule has 1 aromatic carbocycles. The fourth-order valence-corrected chi connectivity index (χ4v) is 2.27. The summed E-state index contributed by atoms with van der Waals surface area (Å²) in [5.74, 6) is 0.755. The van der Waals surface area contributed by atoms with Crippen LogP contribution in [0.1, 0.15) is 23.4 Å². The highest BCUT2D eigenvalue weighted by Crippen LogP contribution is 2.26. The Morgan fingerprint density at radius 2 is 1.70 bits per heavy atom. The van der Waals surface area contributed by atoms with Crippen LogP contribution < -0.4 is 10.6 Å². The molecule has 4 heteroatoms. The van der Waals surface area contributed by atoms with Gasteiger partial charge in [0.05, 0.1) is 0 Å². The lowest BCUT2D eigenvalue weighted by atomic mass is 10.2. The molecule has 2 aromatic rings. The normalized spacial score (nSPS) is 10.6. The first-order chi connectivity index (χ1) is 9.61. The minimum Gasteiger partial charge on any atom is -0.330 e. The largest absolute Gasteiger partial charge is 0.330 e. The number of anilines is 2. The molecule has 0 amide bonds. The zero-order chi connectivity index (χ0) is 14.5. The highest BCUT2D eigenvalue weighted by Gasteiger charge is 2.14. The average Bonchev–Trinajstić information content (AvgIpc) is 2.40. The van der Waals surface area contributed by atoms with Crippen molar-refractivity contribution in [3.8, 4) is 0 Å². The molecule has 0 unspecified atom stereocenters. The number of aryl methyl sites for hydroxylation is 3. The van der Waals surface area contributed by atoms with Gasteiger partial charge in [0.25, 0.3) is 0 Å². The van der Waals surface area contributed by atoms with Gasteiger partial charge in [-0.05, 0) is 51.4 Å². The second-order valence-corrected chi connectivity index (χ2v) is 5.03. The zero-order valence-corrected chi connectivity index (χ0v) is 12.4. The summed E-state index contributed by atoms with van der Waals surface area (Å²) < 4.78 is 0. The summed E-state index contributed by atoms with van der Waals surface area (Å²) in [6.07, 6.45) is 0.907. The van der Waals surface area contributed by atoms with Crippen molar-refractivity contribution in [2.45, 2.75) is 27.2 Å². The van der Waals surface area contributed by atoms with Crippen LogP contribution in [-0.2, 0) is 0 Å². The molecule has 106 valence electrons. The molecule has 0 aliphatic rings.